The van der Waals surface area contributed by atoms with Gasteiger partial charge in [0.05, 0.1) is 0 Å². The summed E-state index contributed by atoms with van der Waals surface area (Å²) in [7, 11) is 4.26. The van der Waals surface area contributed by atoms with Crippen LogP contribution in [0.15, 0.2) is 0 Å². The molecule has 0 fully saturated rings. The Bertz CT molecular complexity index is 8.00. The number of halogens is 1. The van der Waals surface area contributed by atoms with Crippen molar-refractivity contribution in [3.63, 3.8) is 0 Å². The second-order valence-corrected chi connectivity index (χ2v) is 0. The van der Waals surface area contributed by atoms with Crippen LogP contribution in [0.4, 0.5) is 0 Å². The Labute approximate surface area is 72.1 Å². The van der Waals surface area contributed by atoms with Crippen molar-refractivity contribution >= 4 is 58.6 Å². The molecule has 0 aliphatic carbocycles. The molecule has 0 saturated carbocycles. The average Bonchev–Trinajstić information content (AvgIpc) is 1.00. The quantitative estimate of drug-likeness (QED) is 0.380. The van der Waals surface area contributed by atoms with Crippen molar-refractivity contribution in [1.29, 1.82) is 0 Å². The van der Waals surface area contributed by atoms with Crippen molar-refractivity contribution in [2.75, 3.05) is 0 Å². The summed E-state index contributed by atoms with van der Waals surface area (Å²) < 4.78 is 0. The molecular formula is H2ClLiNaNi. The summed E-state index contributed by atoms with van der Waals surface area (Å²) in [4.78, 5) is 0. The average molecular weight is 126 g/mol. The molecule has 0 saturated heterocycles. The molecule has 0 nitrogen and oxygen atoms in total. The van der Waals surface area contributed by atoms with Gasteiger partial charge in [-0.1, -0.05) is 0 Å². The van der Waals surface area contributed by atoms with Crippen LogP contribution in [-0.2, 0) is 14.6 Å². The van der Waals surface area contributed by atoms with Crippen LogP contribution in [0.1, 0.15) is 0 Å². The van der Waals surface area contributed by atoms with Gasteiger partial charge < -0.3 is 0 Å². The molecule has 0 atom stereocenters. The summed E-state index contributed by atoms with van der Waals surface area (Å²) in [6.07, 6.45) is 0. The molecule has 0 radical (unpaired) electrons. The molecule has 0 aromatic rings. The van der Waals surface area contributed by atoms with Gasteiger partial charge in [-0.2, -0.15) is 0 Å². The van der Waals surface area contributed by atoms with Crippen molar-refractivity contribution < 1.29 is 14.6 Å². The SMILES string of the molecule is [Cl][Ni].[LiH].[NaH]. The van der Waals surface area contributed by atoms with Crippen LogP contribution in [-0.4, -0.2) is 48.4 Å². The summed E-state index contributed by atoms with van der Waals surface area (Å²) in [5, 5.41) is 0. The Morgan fingerprint density at radius 3 is 1.25 bits per heavy atom. The third-order valence-corrected chi connectivity index (χ3v) is 0. The minimum absolute atomic E-state index is 0. The van der Waals surface area contributed by atoms with Gasteiger partial charge in [-0.3, -0.25) is 0 Å². The zero-order chi connectivity index (χ0) is 2.00. The van der Waals surface area contributed by atoms with Crippen LogP contribution in [0, 0.1) is 0 Å². The van der Waals surface area contributed by atoms with E-state index in [-0.39, 0.29) is 48.4 Å². The first-order valence-corrected chi connectivity index (χ1v) is 1.48. The number of hydrogen-bond acceptors (Lipinski definition) is 0. The molecule has 0 heterocycles. The van der Waals surface area contributed by atoms with Gasteiger partial charge >= 0.3 is 73.2 Å². The van der Waals surface area contributed by atoms with Crippen molar-refractivity contribution in [2.45, 2.75) is 0 Å². The van der Waals surface area contributed by atoms with Crippen LogP contribution < -0.4 is 0 Å². The molecule has 0 aliphatic heterocycles. The van der Waals surface area contributed by atoms with Crippen molar-refractivity contribution in [3.05, 3.63) is 0 Å². The number of hydrogen-bond donors (Lipinski definition) is 0. The normalized spacial score (nSPS) is 1.75. The predicted molar refractivity (Wildman–Crippen MR) is 20.2 cm³/mol. The first kappa shape index (κ1) is 16.2. The molecule has 0 amide bonds. The van der Waals surface area contributed by atoms with Gasteiger partial charge in [-0.15, -0.1) is 0 Å². The Morgan fingerprint density at radius 1 is 1.25 bits per heavy atom. The first-order valence-electron chi connectivity index (χ1n) is 0.120. The summed E-state index contributed by atoms with van der Waals surface area (Å²) in [5.41, 5.74) is 0. The Kier molecular flexibility index (Phi) is 73.6. The summed E-state index contributed by atoms with van der Waals surface area (Å²) in [6, 6.07) is 0. The Morgan fingerprint density at radius 2 is 1.25 bits per heavy atom. The summed E-state index contributed by atoms with van der Waals surface area (Å²) in [6.45, 7) is 0. The van der Waals surface area contributed by atoms with Crippen molar-refractivity contribution in [3.8, 4) is 0 Å². The van der Waals surface area contributed by atoms with E-state index in [0.29, 0.717) is 0 Å². The van der Waals surface area contributed by atoms with Crippen LogP contribution in [0.25, 0.3) is 0 Å². The van der Waals surface area contributed by atoms with E-state index in [2.05, 4.69) is 24.8 Å². The summed E-state index contributed by atoms with van der Waals surface area (Å²) in [5.74, 6) is 0. The Balaban J connectivity index is -0.00000000500. The molecule has 0 aromatic carbocycles. The van der Waals surface area contributed by atoms with Crippen molar-refractivity contribution in [1.82, 2.24) is 0 Å². The second kappa shape index (κ2) is 18.2. The molecule has 0 rings (SSSR count). The monoisotopic (exact) mass is 125 g/mol. The second-order valence-electron chi connectivity index (χ2n) is 0. The zero-order valence-electron chi connectivity index (χ0n) is 0.694. The third-order valence-electron chi connectivity index (χ3n) is 0. The minimum atomic E-state index is 0. The van der Waals surface area contributed by atoms with Crippen molar-refractivity contribution in [2.24, 2.45) is 0 Å². The molecule has 0 aliphatic rings. The molecule has 21 valence electrons. The fourth-order valence-electron chi connectivity index (χ4n) is 0. The van der Waals surface area contributed by atoms with Crippen LogP contribution >= 0.6 is 10.2 Å². The van der Waals surface area contributed by atoms with Gasteiger partial charge in [0.2, 0.25) is 0 Å². The van der Waals surface area contributed by atoms with Gasteiger partial charge in [-0.25, -0.2) is 0 Å². The Hall–Kier alpha value is 2.38. The first-order chi connectivity index (χ1) is 1.00. The molecule has 0 aromatic heterocycles. The molecule has 4 heavy (non-hydrogen) atoms. The van der Waals surface area contributed by atoms with E-state index in [1.54, 1.807) is 0 Å². The molecule has 4 heteroatoms. The van der Waals surface area contributed by atoms with E-state index in [0.717, 1.165) is 0 Å². The summed E-state index contributed by atoms with van der Waals surface area (Å²) >= 11 is 3.35. The van der Waals surface area contributed by atoms with Gasteiger partial charge in [0.25, 0.3) is 0 Å². The van der Waals surface area contributed by atoms with E-state index < -0.39 is 0 Å². The van der Waals surface area contributed by atoms with E-state index in [4.69, 9.17) is 0 Å². The third kappa shape index (κ3) is 8.83. The topological polar surface area (TPSA) is 0 Å². The predicted octanol–water partition coefficient (Wildman–Crippen LogP) is -0.610. The molecule has 0 N–H and O–H groups in total. The van der Waals surface area contributed by atoms with E-state index in [9.17, 15) is 0 Å². The van der Waals surface area contributed by atoms with E-state index in [1.807, 2.05) is 0 Å². The molecular weight excluding hydrogens is 124 g/mol. The molecule has 0 bridgehead atoms. The maximum atomic E-state index is 4.26. The maximum absolute atomic E-state index is 4.26. The van der Waals surface area contributed by atoms with Crippen LogP contribution in [0.5, 0.6) is 0 Å². The van der Waals surface area contributed by atoms with Crippen LogP contribution in [0.2, 0.25) is 0 Å². The van der Waals surface area contributed by atoms with Gasteiger partial charge in [-0.05, 0) is 0 Å². The fourth-order valence-corrected chi connectivity index (χ4v) is 0. The molecule has 0 spiro atoms. The van der Waals surface area contributed by atoms with Gasteiger partial charge in [0.15, 0.2) is 0 Å². The van der Waals surface area contributed by atoms with Gasteiger partial charge in [0, 0.05) is 0 Å². The van der Waals surface area contributed by atoms with Gasteiger partial charge in [0.1, 0.15) is 0 Å². The standard InChI is InChI=1S/ClH.Li.Na.Ni.2H/h1H;;;;;/q;;;+1;;/p-1. The fraction of sp³-hybridized carbons (Fsp3) is 0. The van der Waals surface area contributed by atoms with E-state index in [1.165, 1.54) is 0 Å². The van der Waals surface area contributed by atoms with Crippen LogP contribution in [0.3, 0.4) is 0 Å². The van der Waals surface area contributed by atoms with E-state index >= 15 is 0 Å². The number of rotatable bonds is 0. The zero-order valence-corrected chi connectivity index (χ0v) is 2.44. The molecule has 0 unspecified atom stereocenters.